The molecule has 0 aliphatic carbocycles. The maximum atomic E-state index is 12.3. The van der Waals surface area contributed by atoms with E-state index in [1.807, 2.05) is 45.2 Å². The number of amides is 3. The Hall–Kier alpha value is -3.94. The highest BCUT2D eigenvalue weighted by molar-refractivity contribution is 6.00. The minimum atomic E-state index is -0.396. The van der Waals surface area contributed by atoms with Gasteiger partial charge in [-0.25, -0.2) is 4.68 Å². The Balaban J connectivity index is 1.49. The van der Waals surface area contributed by atoms with Crippen LogP contribution in [-0.2, 0) is 4.79 Å². The lowest BCUT2D eigenvalue weighted by Crippen LogP contribution is -2.40. The van der Waals surface area contributed by atoms with E-state index in [1.54, 1.807) is 47.3 Å². The van der Waals surface area contributed by atoms with Crippen LogP contribution in [-0.4, -0.2) is 39.6 Å². The number of rotatable bonds is 6. The van der Waals surface area contributed by atoms with E-state index in [1.165, 1.54) is 0 Å². The standard InChI is InChI=1S/C23H25N5O3/c1-23(2,3)27-22(31)17-7-5-16(6-8-17)21(30)24-15-20(29)26-18-9-11-19(12-10-18)28-14-4-13-25-28/h4-14H,15H2,1-3H3,(H,24,30)(H,26,29)(H,27,31). The first kappa shape index (κ1) is 21.8. The van der Waals surface area contributed by atoms with Crippen molar-refractivity contribution in [3.05, 3.63) is 78.1 Å². The molecule has 1 aromatic heterocycles. The van der Waals surface area contributed by atoms with E-state index in [-0.39, 0.29) is 23.9 Å². The average molecular weight is 419 g/mol. The lowest BCUT2D eigenvalue weighted by molar-refractivity contribution is -0.115. The zero-order valence-corrected chi connectivity index (χ0v) is 17.7. The van der Waals surface area contributed by atoms with Crippen molar-refractivity contribution >= 4 is 23.4 Å². The zero-order valence-electron chi connectivity index (χ0n) is 17.7. The van der Waals surface area contributed by atoms with E-state index in [2.05, 4.69) is 21.0 Å². The molecule has 0 atom stereocenters. The van der Waals surface area contributed by atoms with Gasteiger partial charge >= 0.3 is 0 Å². The van der Waals surface area contributed by atoms with Crippen LogP contribution in [0.4, 0.5) is 5.69 Å². The molecule has 2 aromatic carbocycles. The van der Waals surface area contributed by atoms with Crippen LogP contribution in [0, 0.1) is 0 Å². The van der Waals surface area contributed by atoms with Gasteiger partial charge in [-0.1, -0.05) is 0 Å². The first-order valence-electron chi connectivity index (χ1n) is 9.82. The third kappa shape index (κ3) is 6.27. The number of hydrogen-bond donors (Lipinski definition) is 3. The summed E-state index contributed by atoms with van der Waals surface area (Å²) in [6.45, 7) is 5.51. The van der Waals surface area contributed by atoms with Gasteiger partial charge in [-0.05, 0) is 75.4 Å². The molecule has 3 rings (SSSR count). The van der Waals surface area contributed by atoms with Gasteiger partial charge in [0.05, 0.1) is 12.2 Å². The first-order chi connectivity index (χ1) is 14.7. The largest absolute Gasteiger partial charge is 0.347 e. The quantitative estimate of drug-likeness (QED) is 0.571. The molecule has 3 amide bonds. The van der Waals surface area contributed by atoms with Gasteiger partial charge in [0.1, 0.15) is 0 Å². The predicted molar refractivity (Wildman–Crippen MR) is 118 cm³/mol. The van der Waals surface area contributed by atoms with Crippen molar-refractivity contribution in [3.63, 3.8) is 0 Å². The van der Waals surface area contributed by atoms with E-state index < -0.39 is 5.91 Å². The van der Waals surface area contributed by atoms with E-state index in [0.29, 0.717) is 16.8 Å². The molecule has 0 saturated heterocycles. The fraction of sp³-hybridized carbons (Fsp3) is 0.217. The minimum Gasteiger partial charge on any atom is -0.347 e. The molecule has 0 aliphatic rings. The van der Waals surface area contributed by atoms with Gasteiger partial charge < -0.3 is 16.0 Å². The molecule has 0 aliphatic heterocycles. The Morgan fingerprint density at radius 2 is 1.52 bits per heavy atom. The Kier molecular flexibility index (Phi) is 6.49. The number of nitrogens with one attached hydrogen (secondary N) is 3. The summed E-state index contributed by atoms with van der Waals surface area (Å²) in [6, 6.07) is 15.3. The second kappa shape index (κ2) is 9.25. The van der Waals surface area contributed by atoms with Crippen LogP contribution in [0.25, 0.3) is 5.69 Å². The van der Waals surface area contributed by atoms with Crippen molar-refractivity contribution in [1.29, 1.82) is 0 Å². The number of nitrogens with zero attached hydrogens (tertiary/aromatic N) is 2. The number of anilines is 1. The summed E-state index contributed by atoms with van der Waals surface area (Å²) in [6.07, 6.45) is 3.51. The molecule has 3 aromatic rings. The molecule has 3 N–H and O–H groups in total. The van der Waals surface area contributed by atoms with Gasteiger partial charge in [0, 0.05) is 34.7 Å². The van der Waals surface area contributed by atoms with Gasteiger partial charge in [0.15, 0.2) is 0 Å². The highest BCUT2D eigenvalue weighted by Gasteiger charge is 2.16. The Morgan fingerprint density at radius 1 is 0.903 bits per heavy atom. The fourth-order valence-corrected chi connectivity index (χ4v) is 2.77. The maximum Gasteiger partial charge on any atom is 0.251 e. The third-order valence-electron chi connectivity index (χ3n) is 4.23. The highest BCUT2D eigenvalue weighted by Crippen LogP contribution is 2.12. The molecule has 0 spiro atoms. The number of hydrogen-bond acceptors (Lipinski definition) is 4. The van der Waals surface area contributed by atoms with Crippen molar-refractivity contribution in [2.24, 2.45) is 0 Å². The van der Waals surface area contributed by atoms with Gasteiger partial charge in [0.25, 0.3) is 11.8 Å². The van der Waals surface area contributed by atoms with Gasteiger partial charge in [-0.15, -0.1) is 0 Å². The summed E-state index contributed by atoms with van der Waals surface area (Å²) in [5, 5.41) is 12.3. The first-order valence-corrected chi connectivity index (χ1v) is 9.82. The summed E-state index contributed by atoms with van der Waals surface area (Å²) in [7, 11) is 0. The number of carbonyl (C=O) groups excluding carboxylic acids is 3. The average Bonchev–Trinajstić information content (AvgIpc) is 3.26. The molecule has 8 nitrogen and oxygen atoms in total. The monoisotopic (exact) mass is 419 g/mol. The number of aromatic nitrogens is 2. The lowest BCUT2D eigenvalue weighted by atomic mass is 10.1. The molecule has 0 bridgehead atoms. The van der Waals surface area contributed by atoms with Gasteiger partial charge in [0.2, 0.25) is 5.91 Å². The van der Waals surface area contributed by atoms with Crippen LogP contribution < -0.4 is 16.0 Å². The van der Waals surface area contributed by atoms with Crippen LogP contribution in [0.15, 0.2) is 67.0 Å². The fourth-order valence-electron chi connectivity index (χ4n) is 2.77. The van der Waals surface area contributed by atoms with Gasteiger partial charge in [-0.3, -0.25) is 14.4 Å². The van der Waals surface area contributed by atoms with Crippen molar-refractivity contribution in [3.8, 4) is 5.69 Å². The van der Waals surface area contributed by atoms with Crippen LogP contribution in [0.3, 0.4) is 0 Å². The molecule has 8 heteroatoms. The maximum absolute atomic E-state index is 12.3. The number of benzene rings is 2. The Bertz CT molecular complexity index is 1050. The summed E-state index contributed by atoms with van der Waals surface area (Å²) in [5.41, 5.74) is 1.96. The summed E-state index contributed by atoms with van der Waals surface area (Å²) >= 11 is 0. The predicted octanol–water partition coefficient (Wildman–Crippen LogP) is 2.77. The zero-order chi connectivity index (χ0) is 22.4. The molecular weight excluding hydrogens is 394 g/mol. The van der Waals surface area contributed by atoms with Crippen molar-refractivity contribution in [1.82, 2.24) is 20.4 Å². The Labute approximate surface area is 180 Å². The number of carbonyl (C=O) groups is 3. The molecule has 31 heavy (non-hydrogen) atoms. The molecule has 1 heterocycles. The van der Waals surface area contributed by atoms with E-state index in [9.17, 15) is 14.4 Å². The third-order valence-corrected chi connectivity index (χ3v) is 4.23. The molecule has 0 fully saturated rings. The lowest BCUT2D eigenvalue weighted by Gasteiger charge is -2.20. The van der Waals surface area contributed by atoms with E-state index >= 15 is 0 Å². The van der Waals surface area contributed by atoms with Crippen LogP contribution in [0.5, 0.6) is 0 Å². The second-order valence-electron chi connectivity index (χ2n) is 8.01. The van der Waals surface area contributed by atoms with Crippen LogP contribution in [0.1, 0.15) is 41.5 Å². The van der Waals surface area contributed by atoms with Crippen molar-refractivity contribution < 1.29 is 14.4 Å². The molecule has 0 unspecified atom stereocenters. The second-order valence-corrected chi connectivity index (χ2v) is 8.01. The molecule has 160 valence electrons. The van der Waals surface area contributed by atoms with Crippen LogP contribution in [0.2, 0.25) is 0 Å². The molecule has 0 saturated carbocycles. The summed E-state index contributed by atoms with van der Waals surface area (Å²) in [5.74, 6) is -0.953. The van der Waals surface area contributed by atoms with Crippen LogP contribution >= 0.6 is 0 Å². The summed E-state index contributed by atoms with van der Waals surface area (Å²) in [4.78, 5) is 36.6. The van der Waals surface area contributed by atoms with E-state index in [4.69, 9.17) is 0 Å². The normalized spacial score (nSPS) is 10.9. The topological polar surface area (TPSA) is 105 Å². The summed E-state index contributed by atoms with van der Waals surface area (Å²) < 4.78 is 1.71. The highest BCUT2D eigenvalue weighted by atomic mass is 16.2. The Morgan fingerprint density at radius 3 is 2.06 bits per heavy atom. The SMILES string of the molecule is CC(C)(C)NC(=O)c1ccc(C(=O)NCC(=O)Nc2ccc(-n3cccn3)cc2)cc1. The van der Waals surface area contributed by atoms with E-state index in [0.717, 1.165) is 5.69 Å². The van der Waals surface area contributed by atoms with Crippen molar-refractivity contribution in [2.45, 2.75) is 26.3 Å². The van der Waals surface area contributed by atoms with Crippen molar-refractivity contribution in [2.75, 3.05) is 11.9 Å². The minimum absolute atomic E-state index is 0.175. The van der Waals surface area contributed by atoms with Gasteiger partial charge in [-0.2, -0.15) is 5.10 Å². The molecular formula is C23H25N5O3. The smallest absolute Gasteiger partial charge is 0.251 e. The molecule has 0 radical (unpaired) electrons.